The highest BCUT2D eigenvalue weighted by molar-refractivity contribution is 6.08. The Morgan fingerprint density at radius 1 is 1.17 bits per heavy atom. The highest BCUT2D eigenvalue weighted by Crippen LogP contribution is 2.48. The molecule has 3 heterocycles. The number of hydrogen-bond donors (Lipinski definition) is 2. The van der Waals surface area contributed by atoms with E-state index >= 15 is 0 Å². The van der Waals surface area contributed by atoms with Gasteiger partial charge in [-0.25, -0.2) is 0 Å². The largest absolute Gasteiger partial charge is 0.373 e. The summed E-state index contributed by atoms with van der Waals surface area (Å²) in [6.07, 6.45) is 5.20. The molecule has 0 aromatic heterocycles. The molecule has 0 radical (unpaired) electrons. The minimum atomic E-state index is -0.371. The third-order valence-electron chi connectivity index (χ3n) is 6.03. The summed E-state index contributed by atoms with van der Waals surface area (Å²) in [6, 6.07) is 0. The van der Waals surface area contributed by atoms with Crippen LogP contribution in [-0.4, -0.2) is 53.5 Å². The number of carbonyl (C=O) groups is 3. The first-order valence-electron chi connectivity index (χ1n) is 8.56. The Morgan fingerprint density at radius 3 is 2.26 bits per heavy atom. The van der Waals surface area contributed by atoms with E-state index in [-0.39, 0.29) is 53.8 Å². The quantitative estimate of drug-likeness (QED) is 0.682. The van der Waals surface area contributed by atoms with E-state index in [1.807, 2.05) is 0 Å². The van der Waals surface area contributed by atoms with Crippen LogP contribution in [0.2, 0.25) is 0 Å². The fraction of sp³-hybridized carbons (Fsp3) is 0.812. The van der Waals surface area contributed by atoms with Crippen molar-refractivity contribution in [2.75, 3.05) is 13.1 Å². The number of likely N-dealkylation sites (tertiary alicyclic amines) is 1. The molecule has 0 aromatic rings. The Kier molecular flexibility index (Phi) is 3.46. The molecule has 4 rings (SSSR count). The first-order valence-corrected chi connectivity index (χ1v) is 8.56. The molecule has 23 heavy (non-hydrogen) atoms. The van der Waals surface area contributed by atoms with Crippen molar-refractivity contribution in [2.45, 2.75) is 56.3 Å². The molecule has 1 saturated carbocycles. The van der Waals surface area contributed by atoms with E-state index in [1.165, 1.54) is 0 Å². The van der Waals surface area contributed by atoms with E-state index < -0.39 is 0 Å². The van der Waals surface area contributed by atoms with Crippen LogP contribution in [0, 0.1) is 11.8 Å². The fourth-order valence-electron chi connectivity index (χ4n) is 4.84. The van der Waals surface area contributed by atoms with Crippen LogP contribution in [0.15, 0.2) is 0 Å². The van der Waals surface area contributed by atoms with Gasteiger partial charge in [0.05, 0.1) is 29.6 Å². The van der Waals surface area contributed by atoms with Crippen LogP contribution in [0.4, 0.5) is 0 Å². The standard InChI is InChI=1S/C16H23N3O4/c17-8-16(5-1-2-6-16)18-11(20)7-19-14(21)12-9-3-4-10(23-9)13(12)15(19)22/h9-10,12-13H,1-8,17H2,(H,18,20). The summed E-state index contributed by atoms with van der Waals surface area (Å²) in [5.74, 6) is -1.51. The fourth-order valence-corrected chi connectivity index (χ4v) is 4.84. The molecule has 7 heteroatoms. The predicted molar refractivity (Wildman–Crippen MR) is 80.0 cm³/mol. The van der Waals surface area contributed by atoms with Crippen molar-refractivity contribution < 1.29 is 19.1 Å². The summed E-state index contributed by atoms with van der Waals surface area (Å²) >= 11 is 0. The van der Waals surface area contributed by atoms with Crippen molar-refractivity contribution in [3.63, 3.8) is 0 Å². The Morgan fingerprint density at radius 2 is 1.74 bits per heavy atom. The molecule has 7 nitrogen and oxygen atoms in total. The number of rotatable bonds is 4. The molecule has 1 aliphatic carbocycles. The van der Waals surface area contributed by atoms with Crippen LogP contribution in [0.3, 0.4) is 0 Å². The summed E-state index contributed by atoms with van der Waals surface area (Å²) in [5.41, 5.74) is 5.46. The van der Waals surface area contributed by atoms with E-state index in [1.54, 1.807) is 0 Å². The molecule has 3 aliphatic heterocycles. The number of carbonyl (C=O) groups excluding carboxylic acids is 3. The first kappa shape index (κ1) is 15.1. The summed E-state index contributed by atoms with van der Waals surface area (Å²) in [4.78, 5) is 38.6. The lowest BCUT2D eigenvalue weighted by atomic mass is 9.81. The second-order valence-electron chi connectivity index (χ2n) is 7.34. The van der Waals surface area contributed by atoms with Gasteiger partial charge < -0.3 is 15.8 Å². The zero-order valence-corrected chi connectivity index (χ0v) is 13.1. The van der Waals surface area contributed by atoms with Crippen LogP contribution < -0.4 is 11.1 Å². The van der Waals surface area contributed by atoms with Crippen LogP contribution in [-0.2, 0) is 19.1 Å². The molecular weight excluding hydrogens is 298 g/mol. The average Bonchev–Trinajstić information content (AvgIpc) is 3.29. The van der Waals surface area contributed by atoms with E-state index in [2.05, 4.69) is 5.32 Å². The lowest BCUT2D eigenvalue weighted by Crippen LogP contribution is -2.54. The predicted octanol–water partition coefficient (Wildman–Crippen LogP) is -0.463. The molecule has 4 unspecified atom stereocenters. The van der Waals surface area contributed by atoms with Crippen LogP contribution in [0.5, 0.6) is 0 Å². The Hall–Kier alpha value is -1.47. The number of hydrogen-bond acceptors (Lipinski definition) is 5. The molecule has 3 amide bonds. The van der Waals surface area contributed by atoms with Gasteiger partial charge in [0, 0.05) is 6.54 Å². The van der Waals surface area contributed by atoms with Gasteiger partial charge in [-0.15, -0.1) is 0 Å². The topological polar surface area (TPSA) is 102 Å². The summed E-state index contributed by atoms with van der Waals surface area (Å²) < 4.78 is 5.69. The second kappa shape index (κ2) is 5.27. The Balaban J connectivity index is 1.44. The van der Waals surface area contributed by atoms with Crippen molar-refractivity contribution in [1.82, 2.24) is 10.2 Å². The number of ether oxygens (including phenoxy) is 1. The maximum atomic E-state index is 12.5. The van der Waals surface area contributed by atoms with E-state index in [0.717, 1.165) is 43.4 Å². The highest BCUT2D eigenvalue weighted by atomic mass is 16.5. The zero-order valence-electron chi connectivity index (χ0n) is 13.1. The number of imide groups is 1. The monoisotopic (exact) mass is 321 g/mol. The third kappa shape index (κ3) is 2.21. The van der Waals surface area contributed by atoms with E-state index in [0.29, 0.717) is 6.54 Å². The molecule has 126 valence electrons. The maximum absolute atomic E-state index is 12.5. The first-order chi connectivity index (χ1) is 11.0. The number of nitrogens with two attached hydrogens (primary N) is 1. The number of nitrogens with zero attached hydrogens (tertiary/aromatic N) is 1. The van der Waals surface area contributed by atoms with E-state index in [4.69, 9.17) is 10.5 Å². The zero-order chi connectivity index (χ0) is 16.2. The van der Waals surface area contributed by atoms with Crippen LogP contribution in [0.25, 0.3) is 0 Å². The number of nitrogens with one attached hydrogen (secondary N) is 1. The Labute approximate surface area is 134 Å². The summed E-state index contributed by atoms with van der Waals surface area (Å²) in [5, 5.41) is 2.97. The van der Waals surface area contributed by atoms with Gasteiger partial charge in [0.1, 0.15) is 6.54 Å². The lowest BCUT2D eigenvalue weighted by molar-refractivity contribution is -0.146. The van der Waals surface area contributed by atoms with E-state index in [9.17, 15) is 14.4 Å². The third-order valence-corrected chi connectivity index (χ3v) is 6.03. The van der Waals surface area contributed by atoms with Crippen LogP contribution >= 0.6 is 0 Å². The second-order valence-corrected chi connectivity index (χ2v) is 7.34. The molecular formula is C16H23N3O4. The Bertz CT molecular complexity index is 530. The van der Waals surface area contributed by atoms with Gasteiger partial charge in [-0.1, -0.05) is 12.8 Å². The lowest BCUT2D eigenvalue weighted by Gasteiger charge is -2.29. The number of fused-ring (bicyclic) bond motifs is 5. The summed E-state index contributed by atoms with van der Waals surface area (Å²) in [7, 11) is 0. The molecule has 0 spiro atoms. The molecule has 4 atom stereocenters. The minimum absolute atomic E-state index is 0.139. The molecule has 3 N–H and O–H groups in total. The average molecular weight is 321 g/mol. The van der Waals surface area contributed by atoms with Crippen molar-refractivity contribution >= 4 is 17.7 Å². The van der Waals surface area contributed by atoms with Crippen molar-refractivity contribution in [3.8, 4) is 0 Å². The van der Waals surface area contributed by atoms with Crippen molar-refractivity contribution in [2.24, 2.45) is 17.6 Å². The molecule has 3 saturated heterocycles. The van der Waals surface area contributed by atoms with Gasteiger partial charge in [-0.2, -0.15) is 0 Å². The molecule has 0 aromatic carbocycles. The minimum Gasteiger partial charge on any atom is -0.373 e. The van der Waals surface area contributed by atoms with Gasteiger partial charge in [-0.3, -0.25) is 19.3 Å². The van der Waals surface area contributed by atoms with Gasteiger partial charge >= 0.3 is 0 Å². The molecule has 4 fully saturated rings. The molecule has 2 bridgehead atoms. The maximum Gasteiger partial charge on any atom is 0.240 e. The van der Waals surface area contributed by atoms with Gasteiger partial charge in [0.2, 0.25) is 17.7 Å². The van der Waals surface area contributed by atoms with Crippen LogP contribution in [0.1, 0.15) is 38.5 Å². The molecule has 4 aliphatic rings. The smallest absolute Gasteiger partial charge is 0.240 e. The highest BCUT2D eigenvalue weighted by Gasteiger charge is 2.62. The van der Waals surface area contributed by atoms with Gasteiger partial charge in [-0.05, 0) is 25.7 Å². The summed E-state index contributed by atoms with van der Waals surface area (Å²) in [6.45, 7) is 0.204. The van der Waals surface area contributed by atoms with Gasteiger partial charge in [0.15, 0.2) is 0 Å². The number of amides is 3. The SMILES string of the molecule is NCC1(NC(=O)CN2C(=O)C3C4CCC(O4)C3C2=O)CCCC1. The van der Waals surface area contributed by atoms with Gasteiger partial charge in [0.25, 0.3) is 0 Å². The van der Waals surface area contributed by atoms with Crippen molar-refractivity contribution in [1.29, 1.82) is 0 Å². The van der Waals surface area contributed by atoms with Crippen molar-refractivity contribution in [3.05, 3.63) is 0 Å². The normalized spacial score (nSPS) is 37.5.